The summed E-state index contributed by atoms with van der Waals surface area (Å²) in [4.78, 5) is 0. The molecule has 1 unspecified atom stereocenters. The summed E-state index contributed by atoms with van der Waals surface area (Å²) < 4.78 is 10.1. The SMILES string of the molecule is C1CCOC1.CCCCCCCCC1CO1. The fourth-order valence-electron chi connectivity index (χ4n) is 1.90. The van der Waals surface area contributed by atoms with Crippen molar-refractivity contribution in [2.24, 2.45) is 0 Å². The average Bonchev–Trinajstić information content (AvgIpc) is 2.93. The van der Waals surface area contributed by atoms with Crippen LogP contribution in [-0.4, -0.2) is 25.9 Å². The summed E-state index contributed by atoms with van der Waals surface area (Å²) in [6, 6.07) is 0. The Morgan fingerprint density at radius 3 is 2.06 bits per heavy atom. The molecule has 2 rings (SSSR count). The fraction of sp³-hybridized carbons (Fsp3) is 1.00. The van der Waals surface area contributed by atoms with E-state index in [4.69, 9.17) is 9.47 Å². The molecule has 1 atom stereocenters. The molecule has 2 aliphatic rings. The van der Waals surface area contributed by atoms with Crippen LogP contribution < -0.4 is 0 Å². The molecule has 0 saturated carbocycles. The molecule has 0 radical (unpaired) electrons. The summed E-state index contributed by atoms with van der Waals surface area (Å²) in [5, 5.41) is 0. The largest absolute Gasteiger partial charge is 0.381 e. The third-order valence-corrected chi connectivity index (χ3v) is 3.11. The number of hydrogen-bond donors (Lipinski definition) is 0. The zero-order chi connectivity index (χ0) is 11.5. The minimum Gasteiger partial charge on any atom is -0.381 e. The Balaban J connectivity index is 0.000000212. The van der Waals surface area contributed by atoms with Crippen LogP contribution >= 0.6 is 0 Å². The van der Waals surface area contributed by atoms with E-state index in [0.717, 1.165) is 19.8 Å². The van der Waals surface area contributed by atoms with Gasteiger partial charge in [0.1, 0.15) is 0 Å². The molecule has 2 nitrogen and oxygen atoms in total. The predicted molar refractivity (Wildman–Crippen MR) is 67.8 cm³/mol. The van der Waals surface area contributed by atoms with Crippen molar-refractivity contribution in [3.8, 4) is 0 Å². The second kappa shape index (κ2) is 10.1. The Labute approximate surface area is 101 Å². The van der Waals surface area contributed by atoms with Crippen molar-refractivity contribution in [1.29, 1.82) is 0 Å². The maximum absolute atomic E-state index is 5.14. The van der Waals surface area contributed by atoms with Crippen molar-refractivity contribution in [1.82, 2.24) is 0 Å². The van der Waals surface area contributed by atoms with Crippen LogP contribution in [0.4, 0.5) is 0 Å². The van der Waals surface area contributed by atoms with E-state index in [2.05, 4.69) is 6.92 Å². The molecule has 0 bridgehead atoms. The summed E-state index contributed by atoms with van der Waals surface area (Å²) in [5.74, 6) is 0. The summed E-state index contributed by atoms with van der Waals surface area (Å²) in [6.45, 7) is 5.30. The van der Waals surface area contributed by atoms with Crippen LogP contribution in [0.15, 0.2) is 0 Å². The summed E-state index contributed by atoms with van der Waals surface area (Å²) >= 11 is 0. The van der Waals surface area contributed by atoms with Crippen LogP contribution in [0.2, 0.25) is 0 Å². The molecular weight excluding hydrogens is 200 g/mol. The molecule has 0 aromatic carbocycles. The van der Waals surface area contributed by atoms with E-state index >= 15 is 0 Å². The molecule has 0 aromatic heterocycles. The quantitative estimate of drug-likeness (QED) is 0.486. The molecule has 2 aliphatic heterocycles. The highest BCUT2D eigenvalue weighted by Gasteiger charge is 2.20. The lowest BCUT2D eigenvalue weighted by Crippen LogP contribution is -1.85. The van der Waals surface area contributed by atoms with Gasteiger partial charge in [-0.15, -0.1) is 0 Å². The van der Waals surface area contributed by atoms with Gasteiger partial charge in [-0.3, -0.25) is 0 Å². The van der Waals surface area contributed by atoms with Gasteiger partial charge in [-0.2, -0.15) is 0 Å². The normalized spacial score (nSPS) is 22.7. The van der Waals surface area contributed by atoms with E-state index in [1.165, 1.54) is 57.8 Å². The topological polar surface area (TPSA) is 21.8 Å². The van der Waals surface area contributed by atoms with E-state index in [1.54, 1.807) is 0 Å². The molecule has 96 valence electrons. The molecule has 0 aliphatic carbocycles. The molecule has 0 amide bonds. The second-order valence-corrected chi connectivity index (χ2v) is 4.83. The highest BCUT2D eigenvalue weighted by molar-refractivity contribution is 4.68. The number of epoxide rings is 1. The first-order valence-corrected chi connectivity index (χ1v) is 7.13. The van der Waals surface area contributed by atoms with Gasteiger partial charge in [0.15, 0.2) is 0 Å². The molecule has 16 heavy (non-hydrogen) atoms. The van der Waals surface area contributed by atoms with Crippen LogP contribution in [-0.2, 0) is 9.47 Å². The minimum absolute atomic E-state index is 0.654. The van der Waals surface area contributed by atoms with Crippen molar-refractivity contribution >= 4 is 0 Å². The van der Waals surface area contributed by atoms with Gasteiger partial charge in [0, 0.05) is 13.2 Å². The van der Waals surface area contributed by atoms with Gasteiger partial charge in [0.2, 0.25) is 0 Å². The van der Waals surface area contributed by atoms with E-state index in [0.29, 0.717) is 6.10 Å². The summed E-state index contributed by atoms with van der Waals surface area (Å²) in [5.41, 5.74) is 0. The second-order valence-electron chi connectivity index (χ2n) is 4.83. The standard InChI is InChI=1S/C10H20O.C4H8O/c1-2-3-4-5-6-7-8-10-9-11-10;1-2-4-5-3-1/h10H,2-9H2,1H3;1-4H2. The fourth-order valence-corrected chi connectivity index (χ4v) is 1.90. The number of unbranched alkanes of at least 4 members (excludes halogenated alkanes) is 5. The monoisotopic (exact) mass is 228 g/mol. The van der Waals surface area contributed by atoms with Crippen LogP contribution in [0.25, 0.3) is 0 Å². The molecule has 2 heteroatoms. The first-order valence-electron chi connectivity index (χ1n) is 7.13. The maximum atomic E-state index is 5.14. The van der Waals surface area contributed by atoms with Crippen LogP contribution in [0.3, 0.4) is 0 Å². The average molecular weight is 228 g/mol. The lowest BCUT2D eigenvalue weighted by atomic mass is 10.1. The van der Waals surface area contributed by atoms with E-state index in [-0.39, 0.29) is 0 Å². The molecular formula is C14H28O2. The lowest BCUT2D eigenvalue weighted by molar-refractivity contribution is 0.198. The van der Waals surface area contributed by atoms with Crippen LogP contribution in [0.5, 0.6) is 0 Å². The maximum Gasteiger partial charge on any atom is 0.0810 e. The zero-order valence-corrected chi connectivity index (χ0v) is 10.9. The van der Waals surface area contributed by atoms with Crippen LogP contribution in [0, 0.1) is 0 Å². The van der Waals surface area contributed by atoms with Gasteiger partial charge in [-0.25, -0.2) is 0 Å². The summed E-state index contributed by atoms with van der Waals surface area (Å²) in [6.07, 6.45) is 13.0. The van der Waals surface area contributed by atoms with Gasteiger partial charge in [-0.05, 0) is 19.3 Å². The smallest absolute Gasteiger partial charge is 0.0810 e. The van der Waals surface area contributed by atoms with Gasteiger partial charge in [0.05, 0.1) is 12.7 Å². The van der Waals surface area contributed by atoms with Gasteiger partial charge in [-0.1, -0.05) is 45.4 Å². The highest BCUT2D eigenvalue weighted by Crippen LogP contribution is 2.17. The molecule has 0 N–H and O–H groups in total. The Bertz CT molecular complexity index is 132. The van der Waals surface area contributed by atoms with Gasteiger partial charge in [0.25, 0.3) is 0 Å². The van der Waals surface area contributed by atoms with E-state index in [1.807, 2.05) is 0 Å². The summed E-state index contributed by atoms with van der Waals surface area (Å²) in [7, 11) is 0. The lowest BCUT2D eigenvalue weighted by Gasteiger charge is -1.97. The number of ether oxygens (including phenoxy) is 2. The molecule has 0 aromatic rings. The first kappa shape index (κ1) is 14.0. The number of rotatable bonds is 7. The van der Waals surface area contributed by atoms with Crippen molar-refractivity contribution in [3.05, 3.63) is 0 Å². The molecule has 2 heterocycles. The Morgan fingerprint density at radius 2 is 1.56 bits per heavy atom. The minimum atomic E-state index is 0.654. The van der Waals surface area contributed by atoms with Crippen molar-refractivity contribution in [3.63, 3.8) is 0 Å². The van der Waals surface area contributed by atoms with Crippen LogP contribution in [0.1, 0.15) is 64.7 Å². The highest BCUT2D eigenvalue weighted by atomic mass is 16.6. The Morgan fingerprint density at radius 1 is 0.938 bits per heavy atom. The van der Waals surface area contributed by atoms with Crippen molar-refractivity contribution in [2.75, 3.05) is 19.8 Å². The van der Waals surface area contributed by atoms with Crippen molar-refractivity contribution < 1.29 is 9.47 Å². The Kier molecular flexibility index (Phi) is 8.83. The van der Waals surface area contributed by atoms with E-state index in [9.17, 15) is 0 Å². The molecule has 0 spiro atoms. The van der Waals surface area contributed by atoms with Gasteiger partial charge >= 0.3 is 0 Å². The molecule has 2 fully saturated rings. The first-order chi connectivity index (χ1) is 7.93. The number of hydrogen-bond acceptors (Lipinski definition) is 2. The van der Waals surface area contributed by atoms with Crippen molar-refractivity contribution in [2.45, 2.75) is 70.8 Å². The Hall–Kier alpha value is -0.0800. The zero-order valence-electron chi connectivity index (χ0n) is 10.9. The molecule has 2 saturated heterocycles. The van der Waals surface area contributed by atoms with E-state index < -0.39 is 0 Å². The third-order valence-electron chi connectivity index (χ3n) is 3.11. The third kappa shape index (κ3) is 9.17. The predicted octanol–water partition coefficient (Wildman–Crippen LogP) is 3.93. The van der Waals surface area contributed by atoms with Gasteiger partial charge < -0.3 is 9.47 Å².